The summed E-state index contributed by atoms with van der Waals surface area (Å²) in [4.78, 5) is 11.7. The van der Waals surface area contributed by atoms with E-state index >= 15 is 0 Å². The molecule has 0 radical (unpaired) electrons. The zero-order valence-electron chi connectivity index (χ0n) is 8.66. The number of rotatable bonds is 2. The number of furan rings is 1. The van der Waals surface area contributed by atoms with E-state index < -0.39 is 0 Å². The maximum absolute atomic E-state index is 11.7. The Kier molecular flexibility index (Phi) is 2.97. The summed E-state index contributed by atoms with van der Waals surface area (Å²) in [6.07, 6.45) is 1.45. The molecule has 0 saturated carbocycles. The van der Waals surface area contributed by atoms with Crippen molar-refractivity contribution in [1.82, 2.24) is 0 Å². The van der Waals surface area contributed by atoms with Gasteiger partial charge in [0, 0.05) is 0 Å². The van der Waals surface area contributed by atoms with Crippen LogP contribution in [0.3, 0.4) is 0 Å². The fourth-order valence-electron chi connectivity index (χ4n) is 1.33. The van der Waals surface area contributed by atoms with Gasteiger partial charge in [0.15, 0.2) is 5.76 Å². The Bertz CT molecular complexity index is 506. The highest BCUT2D eigenvalue weighted by Gasteiger charge is 2.10. The smallest absolute Gasteiger partial charge is 0.291 e. The van der Waals surface area contributed by atoms with E-state index in [4.69, 9.17) is 16.0 Å². The van der Waals surface area contributed by atoms with Gasteiger partial charge in [-0.05, 0) is 36.8 Å². The largest absolute Gasteiger partial charge is 0.459 e. The van der Waals surface area contributed by atoms with Crippen LogP contribution in [0.5, 0.6) is 0 Å². The van der Waals surface area contributed by atoms with E-state index in [2.05, 4.69) is 5.32 Å². The van der Waals surface area contributed by atoms with Gasteiger partial charge in [-0.15, -0.1) is 0 Å². The lowest BCUT2D eigenvalue weighted by Crippen LogP contribution is -2.11. The van der Waals surface area contributed by atoms with E-state index in [0.717, 1.165) is 5.56 Å². The van der Waals surface area contributed by atoms with E-state index in [-0.39, 0.29) is 11.7 Å². The second-order valence-electron chi connectivity index (χ2n) is 3.41. The number of halogens is 1. The molecule has 4 heteroatoms. The van der Waals surface area contributed by atoms with E-state index in [9.17, 15) is 4.79 Å². The predicted molar refractivity (Wildman–Crippen MR) is 62.9 cm³/mol. The van der Waals surface area contributed by atoms with Crippen molar-refractivity contribution in [3.63, 3.8) is 0 Å². The summed E-state index contributed by atoms with van der Waals surface area (Å²) < 4.78 is 4.98. The molecule has 1 aromatic carbocycles. The highest BCUT2D eigenvalue weighted by Crippen LogP contribution is 2.23. The first-order valence-electron chi connectivity index (χ1n) is 4.78. The highest BCUT2D eigenvalue weighted by molar-refractivity contribution is 6.33. The molecule has 0 saturated heterocycles. The van der Waals surface area contributed by atoms with Gasteiger partial charge in [0.1, 0.15) is 0 Å². The number of aryl methyl sites for hydroxylation is 1. The molecule has 0 atom stereocenters. The molecule has 1 N–H and O–H groups in total. The molecular weight excluding hydrogens is 226 g/mol. The van der Waals surface area contributed by atoms with Crippen molar-refractivity contribution < 1.29 is 9.21 Å². The number of carbonyl (C=O) groups is 1. The van der Waals surface area contributed by atoms with Gasteiger partial charge in [0.2, 0.25) is 0 Å². The third-order valence-electron chi connectivity index (χ3n) is 2.12. The average molecular weight is 236 g/mol. The lowest BCUT2D eigenvalue weighted by atomic mass is 10.2. The number of carbonyl (C=O) groups excluding carboxylic acids is 1. The summed E-state index contributed by atoms with van der Waals surface area (Å²) in [5.74, 6) is -0.0462. The average Bonchev–Trinajstić information content (AvgIpc) is 2.76. The van der Waals surface area contributed by atoms with Crippen molar-refractivity contribution in [3.8, 4) is 0 Å². The van der Waals surface area contributed by atoms with Crippen molar-refractivity contribution in [2.24, 2.45) is 0 Å². The number of nitrogens with one attached hydrogen (secondary N) is 1. The Morgan fingerprint density at radius 3 is 2.88 bits per heavy atom. The zero-order valence-corrected chi connectivity index (χ0v) is 9.41. The summed E-state index contributed by atoms with van der Waals surface area (Å²) in [6, 6.07) is 8.69. The van der Waals surface area contributed by atoms with Crippen LogP contribution in [0.1, 0.15) is 16.1 Å². The van der Waals surface area contributed by atoms with Gasteiger partial charge >= 0.3 is 0 Å². The fourth-order valence-corrected chi connectivity index (χ4v) is 1.49. The third-order valence-corrected chi connectivity index (χ3v) is 2.44. The van der Waals surface area contributed by atoms with Crippen LogP contribution in [0.15, 0.2) is 41.0 Å². The molecule has 82 valence electrons. The molecule has 0 aliphatic rings. The minimum absolute atomic E-state index is 0.262. The Balaban J connectivity index is 2.21. The molecule has 0 spiro atoms. The van der Waals surface area contributed by atoms with Crippen LogP contribution in [-0.2, 0) is 0 Å². The SMILES string of the molecule is Cc1ccc(Cl)c(NC(=O)c2ccco2)c1. The minimum Gasteiger partial charge on any atom is -0.459 e. The Morgan fingerprint density at radius 1 is 1.38 bits per heavy atom. The molecule has 0 bridgehead atoms. The molecule has 0 unspecified atom stereocenters. The van der Waals surface area contributed by atoms with Crippen molar-refractivity contribution >= 4 is 23.2 Å². The van der Waals surface area contributed by atoms with Crippen LogP contribution in [0.25, 0.3) is 0 Å². The standard InChI is InChI=1S/C12H10ClNO2/c1-8-4-5-9(13)10(7-8)14-12(15)11-3-2-6-16-11/h2-7H,1H3,(H,14,15). The number of hydrogen-bond donors (Lipinski definition) is 1. The van der Waals surface area contributed by atoms with Crippen molar-refractivity contribution in [2.45, 2.75) is 6.92 Å². The van der Waals surface area contributed by atoms with Crippen LogP contribution in [0, 0.1) is 6.92 Å². The second-order valence-corrected chi connectivity index (χ2v) is 3.82. The van der Waals surface area contributed by atoms with Gasteiger partial charge in [0.05, 0.1) is 17.0 Å². The summed E-state index contributed by atoms with van der Waals surface area (Å²) >= 11 is 5.96. The first-order valence-corrected chi connectivity index (χ1v) is 5.15. The van der Waals surface area contributed by atoms with Crippen LogP contribution < -0.4 is 5.32 Å². The minimum atomic E-state index is -0.308. The molecule has 1 heterocycles. The van der Waals surface area contributed by atoms with Gasteiger partial charge in [0.25, 0.3) is 5.91 Å². The second kappa shape index (κ2) is 4.41. The molecule has 16 heavy (non-hydrogen) atoms. The molecule has 0 aliphatic carbocycles. The number of amides is 1. The molecular formula is C12H10ClNO2. The van der Waals surface area contributed by atoms with Gasteiger partial charge in [-0.2, -0.15) is 0 Å². The lowest BCUT2D eigenvalue weighted by molar-refractivity contribution is 0.0996. The fraction of sp³-hybridized carbons (Fsp3) is 0.0833. The normalized spacial score (nSPS) is 10.1. The molecule has 1 amide bonds. The molecule has 3 nitrogen and oxygen atoms in total. The monoisotopic (exact) mass is 235 g/mol. The van der Waals surface area contributed by atoms with Crippen LogP contribution in [-0.4, -0.2) is 5.91 Å². The van der Waals surface area contributed by atoms with Gasteiger partial charge in [-0.3, -0.25) is 4.79 Å². The van der Waals surface area contributed by atoms with Crippen LogP contribution >= 0.6 is 11.6 Å². The Hall–Kier alpha value is -1.74. The lowest BCUT2D eigenvalue weighted by Gasteiger charge is -2.06. The predicted octanol–water partition coefficient (Wildman–Crippen LogP) is 3.49. The quantitative estimate of drug-likeness (QED) is 0.866. The molecule has 0 aliphatic heterocycles. The summed E-state index contributed by atoms with van der Waals surface area (Å²) in [6.45, 7) is 1.93. The van der Waals surface area contributed by atoms with Gasteiger partial charge in [-0.25, -0.2) is 0 Å². The first kappa shape index (κ1) is 10.8. The van der Waals surface area contributed by atoms with E-state index in [0.29, 0.717) is 10.7 Å². The van der Waals surface area contributed by atoms with E-state index in [1.54, 1.807) is 18.2 Å². The van der Waals surface area contributed by atoms with Crippen molar-refractivity contribution in [1.29, 1.82) is 0 Å². The molecule has 2 aromatic rings. The van der Waals surface area contributed by atoms with Gasteiger partial charge in [-0.1, -0.05) is 17.7 Å². The molecule has 0 fully saturated rings. The Labute approximate surface area is 98.0 Å². The van der Waals surface area contributed by atoms with Crippen molar-refractivity contribution in [2.75, 3.05) is 5.32 Å². The first-order chi connectivity index (χ1) is 7.66. The number of hydrogen-bond acceptors (Lipinski definition) is 2. The number of benzene rings is 1. The Morgan fingerprint density at radius 2 is 2.19 bits per heavy atom. The van der Waals surface area contributed by atoms with Gasteiger partial charge < -0.3 is 9.73 Å². The topological polar surface area (TPSA) is 42.2 Å². The van der Waals surface area contributed by atoms with E-state index in [1.807, 2.05) is 19.1 Å². The maximum Gasteiger partial charge on any atom is 0.291 e. The maximum atomic E-state index is 11.7. The third kappa shape index (κ3) is 2.25. The summed E-state index contributed by atoms with van der Waals surface area (Å²) in [5.41, 5.74) is 1.61. The molecule has 2 rings (SSSR count). The number of anilines is 1. The zero-order chi connectivity index (χ0) is 11.5. The van der Waals surface area contributed by atoms with Crippen LogP contribution in [0.2, 0.25) is 5.02 Å². The van der Waals surface area contributed by atoms with Crippen LogP contribution in [0.4, 0.5) is 5.69 Å². The summed E-state index contributed by atoms with van der Waals surface area (Å²) in [7, 11) is 0. The summed E-state index contributed by atoms with van der Waals surface area (Å²) in [5, 5.41) is 3.19. The molecule has 1 aromatic heterocycles. The van der Waals surface area contributed by atoms with E-state index in [1.165, 1.54) is 6.26 Å². The van der Waals surface area contributed by atoms with Crippen molar-refractivity contribution in [3.05, 3.63) is 52.9 Å². The highest BCUT2D eigenvalue weighted by atomic mass is 35.5.